The second-order valence-corrected chi connectivity index (χ2v) is 5.19. The van der Waals surface area contributed by atoms with Crippen molar-refractivity contribution in [3.05, 3.63) is 35.9 Å². The van der Waals surface area contributed by atoms with E-state index in [9.17, 15) is 4.79 Å². The van der Waals surface area contributed by atoms with Crippen LogP contribution in [0.2, 0.25) is 0 Å². The molecule has 0 spiro atoms. The zero-order chi connectivity index (χ0) is 13.5. The fraction of sp³-hybridized carbons (Fsp3) is 0.562. The van der Waals surface area contributed by atoms with Crippen molar-refractivity contribution in [1.82, 2.24) is 0 Å². The molecule has 0 aliphatic carbocycles. The van der Waals surface area contributed by atoms with Crippen molar-refractivity contribution in [3.8, 4) is 0 Å². The summed E-state index contributed by atoms with van der Waals surface area (Å²) in [6, 6.07) is 10.2. The summed E-state index contributed by atoms with van der Waals surface area (Å²) < 4.78 is 5.21. The Morgan fingerprint density at radius 1 is 1.17 bits per heavy atom. The number of benzene rings is 1. The van der Waals surface area contributed by atoms with Gasteiger partial charge in [-0.3, -0.25) is 4.79 Å². The fourth-order valence-corrected chi connectivity index (χ4v) is 2.25. The highest BCUT2D eigenvalue weighted by Crippen LogP contribution is 2.30. The van der Waals surface area contributed by atoms with Crippen LogP contribution in [0.15, 0.2) is 30.3 Å². The van der Waals surface area contributed by atoms with Crippen LogP contribution in [-0.2, 0) is 9.53 Å². The number of esters is 1. The van der Waals surface area contributed by atoms with Crippen molar-refractivity contribution in [2.45, 2.75) is 40.0 Å². The average molecular weight is 248 g/mol. The Morgan fingerprint density at radius 3 is 2.28 bits per heavy atom. The molecule has 0 amide bonds. The largest absolute Gasteiger partial charge is 0.466 e. The van der Waals surface area contributed by atoms with E-state index in [1.54, 1.807) is 0 Å². The van der Waals surface area contributed by atoms with Crippen LogP contribution in [0, 0.1) is 11.8 Å². The molecule has 1 rings (SSSR count). The number of ether oxygens (including phenoxy) is 1. The Bertz CT molecular complexity index is 357. The summed E-state index contributed by atoms with van der Waals surface area (Å²) in [7, 11) is 0. The first kappa shape index (κ1) is 14.7. The zero-order valence-corrected chi connectivity index (χ0v) is 11.8. The molecule has 2 unspecified atom stereocenters. The molecule has 0 saturated carbocycles. The molecular formula is C16H24O2. The summed E-state index contributed by atoms with van der Waals surface area (Å²) in [5.41, 5.74) is 1.20. The van der Waals surface area contributed by atoms with Gasteiger partial charge >= 0.3 is 5.97 Å². The Morgan fingerprint density at radius 2 is 1.78 bits per heavy atom. The average Bonchev–Trinajstić information content (AvgIpc) is 2.36. The van der Waals surface area contributed by atoms with Crippen molar-refractivity contribution in [2.24, 2.45) is 11.8 Å². The molecule has 2 nitrogen and oxygen atoms in total. The number of carbonyl (C=O) groups excluding carboxylic acids is 1. The summed E-state index contributed by atoms with van der Waals surface area (Å²) in [6.45, 7) is 8.71. The predicted molar refractivity (Wildman–Crippen MR) is 74.4 cm³/mol. The maximum absolute atomic E-state index is 12.1. The van der Waals surface area contributed by atoms with Crippen molar-refractivity contribution in [3.63, 3.8) is 0 Å². The van der Waals surface area contributed by atoms with Gasteiger partial charge in [-0.1, -0.05) is 51.1 Å². The highest BCUT2D eigenvalue weighted by molar-refractivity contribution is 5.73. The maximum Gasteiger partial charge on any atom is 0.309 e. The van der Waals surface area contributed by atoms with Crippen LogP contribution in [0.1, 0.15) is 45.6 Å². The lowest BCUT2D eigenvalue weighted by molar-refractivity contribution is -0.149. The summed E-state index contributed by atoms with van der Waals surface area (Å²) in [5, 5.41) is 0. The molecule has 0 saturated heterocycles. The van der Waals surface area contributed by atoms with E-state index in [-0.39, 0.29) is 17.8 Å². The lowest BCUT2D eigenvalue weighted by Crippen LogP contribution is -2.24. The quantitative estimate of drug-likeness (QED) is 0.711. The SMILES string of the molecule is CCOC(=O)C(CC(C)C)C(C)c1ccccc1. The maximum atomic E-state index is 12.1. The molecule has 2 heteroatoms. The molecule has 0 aliphatic heterocycles. The lowest BCUT2D eigenvalue weighted by Gasteiger charge is -2.24. The third-order valence-corrected chi connectivity index (χ3v) is 3.24. The van der Waals surface area contributed by atoms with Crippen LogP contribution in [-0.4, -0.2) is 12.6 Å². The van der Waals surface area contributed by atoms with Crippen molar-refractivity contribution in [2.75, 3.05) is 6.61 Å². The first-order valence-corrected chi connectivity index (χ1v) is 6.77. The third-order valence-electron chi connectivity index (χ3n) is 3.24. The monoisotopic (exact) mass is 248 g/mol. The van der Waals surface area contributed by atoms with Gasteiger partial charge in [0.1, 0.15) is 0 Å². The van der Waals surface area contributed by atoms with Crippen LogP contribution in [0.4, 0.5) is 0 Å². The molecule has 0 radical (unpaired) electrons. The van der Waals surface area contributed by atoms with Crippen LogP contribution in [0.25, 0.3) is 0 Å². The lowest BCUT2D eigenvalue weighted by atomic mass is 9.82. The zero-order valence-electron chi connectivity index (χ0n) is 11.8. The summed E-state index contributed by atoms with van der Waals surface area (Å²) >= 11 is 0. The van der Waals surface area contributed by atoms with E-state index in [1.807, 2.05) is 25.1 Å². The molecule has 18 heavy (non-hydrogen) atoms. The number of hydrogen-bond donors (Lipinski definition) is 0. The highest BCUT2D eigenvalue weighted by atomic mass is 16.5. The van der Waals surface area contributed by atoms with Gasteiger partial charge in [0.25, 0.3) is 0 Å². The van der Waals surface area contributed by atoms with E-state index in [0.717, 1.165) is 6.42 Å². The molecule has 0 heterocycles. The van der Waals surface area contributed by atoms with Gasteiger partial charge < -0.3 is 4.74 Å². The minimum Gasteiger partial charge on any atom is -0.466 e. The predicted octanol–water partition coefficient (Wildman–Crippen LogP) is 4.02. The molecule has 0 aromatic heterocycles. The number of hydrogen-bond acceptors (Lipinski definition) is 2. The van der Waals surface area contributed by atoms with Crippen LogP contribution >= 0.6 is 0 Å². The summed E-state index contributed by atoms with van der Waals surface area (Å²) in [6.07, 6.45) is 0.870. The molecule has 0 bridgehead atoms. The van der Waals surface area contributed by atoms with Crippen molar-refractivity contribution in [1.29, 1.82) is 0 Å². The van der Waals surface area contributed by atoms with E-state index in [1.165, 1.54) is 5.56 Å². The summed E-state index contributed by atoms with van der Waals surface area (Å²) in [4.78, 5) is 12.1. The van der Waals surface area contributed by atoms with E-state index in [4.69, 9.17) is 4.74 Å². The second-order valence-electron chi connectivity index (χ2n) is 5.19. The number of rotatable bonds is 6. The summed E-state index contributed by atoms with van der Waals surface area (Å²) in [5.74, 6) is 0.577. The van der Waals surface area contributed by atoms with Gasteiger partial charge in [0.15, 0.2) is 0 Å². The van der Waals surface area contributed by atoms with Gasteiger partial charge in [-0.05, 0) is 30.7 Å². The minimum atomic E-state index is -0.0671. The Hall–Kier alpha value is -1.31. The highest BCUT2D eigenvalue weighted by Gasteiger charge is 2.28. The smallest absolute Gasteiger partial charge is 0.309 e. The van der Waals surface area contributed by atoms with E-state index >= 15 is 0 Å². The molecule has 100 valence electrons. The van der Waals surface area contributed by atoms with Gasteiger partial charge in [0.2, 0.25) is 0 Å². The normalized spacial score (nSPS) is 14.3. The van der Waals surface area contributed by atoms with Crippen LogP contribution in [0.5, 0.6) is 0 Å². The third kappa shape index (κ3) is 4.17. The van der Waals surface area contributed by atoms with Gasteiger partial charge in [0, 0.05) is 0 Å². The van der Waals surface area contributed by atoms with Crippen molar-refractivity contribution < 1.29 is 9.53 Å². The second kappa shape index (κ2) is 7.20. The van der Waals surface area contributed by atoms with E-state index in [0.29, 0.717) is 12.5 Å². The molecule has 1 aromatic rings. The molecule has 0 N–H and O–H groups in total. The molecule has 0 aliphatic rings. The fourth-order valence-electron chi connectivity index (χ4n) is 2.25. The van der Waals surface area contributed by atoms with Gasteiger partial charge in [-0.25, -0.2) is 0 Å². The van der Waals surface area contributed by atoms with Gasteiger partial charge in [0.05, 0.1) is 12.5 Å². The first-order chi connectivity index (χ1) is 8.56. The molecule has 1 aromatic carbocycles. The standard InChI is InChI=1S/C16H24O2/c1-5-18-16(17)15(11-12(2)3)13(4)14-9-7-6-8-10-14/h6-10,12-13,15H,5,11H2,1-4H3. The van der Waals surface area contributed by atoms with Crippen LogP contribution < -0.4 is 0 Å². The van der Waals surface area contributed by atoms with Gasteiger partial charge in [-0.2, -0.15) is 0 Å². The molecule has 2 atom stereocenters. The Balaban J connectivity index is 2.85. The van der Waals surface area contributed by atoms with Crippen molar-refractivity contribution >= 4 is 5.97 Å². The van der Waals surface area contributed by atoms with E-state index in [2.05, 4.69) is 32.9 Å². The number of carbonyl (C=O) groups is 1. The van der Waals surface area contributed by atoms with Crippen LogP contribution in [0.3, 0.4) is 0 Å². The topological polar surface area (TPSA) is 26.3 Å². The van der Waals surface area contributed by atoms with Gasteiger partial charge in [-0.15, -0.1) is 0 Å². The van der Waals surface area contributed by atoms with E-state index < -0.39 is 0 Å². The molecular weight excluding hydrogens is 224 g/mol. The Labute approximate surface area is 110 Å². The first-order valence-electron chi connectivity index (χ1n) is 6.77. The Kier molecular flexibility index (Phi) is 5.90. The molecule has 0 fully saturated rings. The minimum absolute atomic E-state index is 0.0488.